The number of amides is 2. The molecule has 2 amide bonds. The zero-order valence-corrected chi connectivity index (χ0v) is 14.3. The second-order valence-electron chi connectivity index (χ2n) is 6.22. The van der Waals surface area contributed by atoms with Crippen LogP contribution in [0.4, 0.5) is 26.5 Å². The molecule has 4 rings (SSSR count). The van der Waals surface area contributed by atoms with Crippen molar-refractivity contribution in [1.29, 1.82) is 0 Å². The monoisotopic (exact) mass is 351 g/mol. The number of benzene rings is 2. The van der Waals surface area contributed by atoms with Gasteiger partial charge in [-0.15, -0.1) is 0 Å². The molecule has 7 heteroatoms. The van der Waals surface area contributed by atoms with E-state index in [0.29, 0.717) is 23.9 Å². The lowest BCUT2D eigenvalue weighted by Gasteiger charge is -2.23. The summed E-state index contributed by atoms with van der Waals surface area (Å²) in [6.07, 6.45) is 0.793. The fourth-order valence-electron chi connectivity index (χ4n) is 3.02. The van der Waals surface area contributed by atoms with Gasteiger partial charge >= 0.3 is 6.03 Å². The summed E-state index contributed by atoms with van der Waals surface area (Å²) in [5, 5.41) is 2.80. The number of halogens is 1. The van der Waals surface area contributed by atoms with E-state index < -0.39 is 0 Å². The number of hydrogen-bond donors (Lipinski definition) is 1. The van der Waals surface area contributed by atoms with Crippen LogP contribution in [0.5, 0.6) is 0 Å². The van der Waals surface area contributed by atoms with E-state index >= 15 is 0 Å². The van der Waals surface area contributed by atoms with Gasteiger partial charge in [-0.05, 0) is 42.8 Å². The minimum Gasteiger partial charge on any atom is -0.357 e. The van der Waals surface area contributed by atoms with E-state index in [1.165, 1.54) is 24.3 Å². The molecule has 1 aliphatic rings. The molecule has 0 fully saturated rings. The molecule has 0 aliphatic carbocycles. The molecule has 6 nitrogen and oxygen atoms in total. The van der Waals surface area contributed by atoms with E-state index in [4.69, 9.17) is 4.98 Å². The highest BCUT2D eigenvalue weighted by Crippen LogP contribution is 2.30. The van der Waals surface area contributed by atoms with Gasteiger partial charge < -0.3 is 10.2 Å². The van der Waals surface area contributed by atoms with Crippen LogP contribution in [0.3, 0.4) is 0 Å². The van der Waals surface area contributed by atoms with Crippen molar-refractivity contribution in [1.82, 2.24) is 9.97 Å². The van der Waals surface area contributed by atoms with Crippen LogP contribution in [-0.2, 0) is 0 Å². The molecule has 3 aromatic rings. The third-order valence-electron chi connectivity index (χ3n) is 4.37. The van der Waals surface area contributed by atoms with Crippen LogP contribution in [0.2, 0.25) is 0 Å². The predicted molar refractivity (Wildman–Crippen MR) is 100 cm³/mol. The quantitative estimate of drug-likeness (QED) is 0.727. The Hall–Kier alpha value is -3.22. The van der Waals surface area contributed by atoms with Crippen molar-refractivity contribution in [2.45, 2.75) is 6.42 Å². The number of anilines is 3. The molecule has 1 N–H and O–H groups in total. The van der Waals surface area contributed by atoms with Crippen LogP contribution >= 0.6 is 0 Å². The van der Waals surface area contributed by atoms with Crippen LogP contribution in [0.1, 0.15) is 6.42 Å². The van der Waals surface area contributed by atoms with Crippen molar-refractivity contribution < 1.29 is 9.18 Å². The topological polar surface area (TPSA) is 61.4 Å². The minimum atomic E-state index is -0.345. The first kappa shape index (κ1) is 16.3. The second-order valence-corrected chi connectivity index (χ2v) is 6.22. The maximum atomic E-state index is 13.1. The number of hydrogen-bond acceptors (Lipinski definition) is 4. The Morgan fingerprint density at radius 2 is 1.65 bits per heavy atom. The SMILES string of the molecule is CN1CCCN(C(=O)Nc2ccc(F)cc2)c2nc3ccccc3nc21. The first-order valence-corrected chi connectivity index (χ1v) is 8.44. The molecule has 0 bridgehead atoms. The van der Waals surface area contributed by atoms with Crippen molar-refractivity contribution in [3.8, 4) is 0 Å². The van der Waals surface area contributed by atoms with Gasteiger partial charge in [-0.1, -0.05) is 12.1 Å². The molecule has 0 spiro atoms. The highest BCUT2D eigenvalue weighted by atomic mass is 19.1. The molecule has 0 unspecified atom stereocenters. The van der Waals surface area contributed by atoms with Gasteiger partial charge in [-0.2, -0.15) is 0 Å². The van der Waals surface area contributed by atoms with E-state index in [2.05, 4.69) is 10.3 Å². The summed E-state index contributed by atoms with van der Waals surface area (Å²) in [5.41, 5.74) is 2.06. The van der Waals surface area contributed by atoms with Gasteiger partial charge in [0.25, 0.3) is 0 Å². The van der Waals surface area contributed by atoms with Gasteiger partial charge in [0.15, 0.2) is 11.6 Å². The van der Waals surface area contributed by atoms with Gasteiger partial charge in [0, 0.05) is 25.8 Å². The third kappa shape index (κ3) is 3.03. The largest absolute Gasteiger partial charge is 0.357 e. The average Bonchev–Trinajstić information content (AvgIpc) is 2.81. The smallest absolute Gasteiger partial charge is 0.327 e. The zero-order chi connectivity index (χ0) is 18.1. The van der Waals surface area contributed by atoms with Crippen LogP contribution in [0, 0.1) is 5.82 Å². The molecule has 26 heavy (non-hydrogen) atoms. The molecule has 132 valence electrons. The van der Waals surface area contributed by atoms with Crippen molar-refractivity contribution in [2.75, 3.05) is 35.3 Å². The fraction of sp³-hybridized carbons (Fsp3) is 0.211. The Balaban J connectivity index is 1.72. The number of nitrogens with one attached hydrogen (secondary N) is 1. The van der Waals surface area contributed by atoms with E-state index in [0.717, 1.165) is 24.0 Å². The summed E-state index contributed by atoms with van der Waals surface area (Å²) in [7, 11) is 1.95. The minimum absolute atomic E-state index is 0.308. The number of nitrogens with zero attached hydrogens (tertiary/aromatic N) is 4. The third-order valence-corrected chi connectivity index (χ3v) is 4.37. The Kier molecular flexibility index (Phi) is 4.12. The molecule has 0 radical (unpaired) electrons. The number of fused-ring (bicyclic) bond motifs is 2. The standard InChI is InChI=1S/C19H18FN5O/c1-24-11-4-12-25(19(26)21-14-9-7-13(20)8-10-14)18-17(24)22-15-5-2-3-6-16(15)23-18/h2-3,5-10H,4,11-12H2,1H3,(H,21,26). The second kappa shape index (κ2) is 6.59. The number of aromatic nitrogens is 2. The van der Waals surface area contributed by atoms with Crippen molar-refractivity contribution in [3.63, 3.8) is 0 Å². The lowest BCUT2D eigenvalue weighted by Crippen LogP contribution is -2.36. The van der Waals surface area contributed by atoms with Crippen LogP contribution in [0.25, 0.3) is 11.0 Å². The first-order chi connectivity index (χ1) is 12.6. The van der Waals surface area contributed by atoms with E-state index in [-0.39, 0.29) is 11.8 Å². The highest BCUT2D eigenvalue weighted by molar-refractivity contribution is 6.03. The first-order valence-electron chi connectivity index (χ1n) is 8.44. The van der Waals surface area contributed by atoms with E-state index in [1.807, 2.05) is 36.2 Å². The lowest BCUT2D eigenvalue weighted by molar-refractivity contribution is 0.257. The summed E-state index contributed by atoms with van der Waals surface area (Å²) < 4.78 is 13.1. The maximum Gasteiger partial charge on any atom is 0.327 e. The molecule has 2 aromatic carbocycles. The molecule has 0 saturated carbocycles. The highest BCUT2D eigenvalue weighted by Gasteiger charge is 2.26. The van der Waals surface area contributed by atoms with Crippen molar-refractivity contribution in [2.24, 2.45) is 0 Å². The van der Waals surface area contributed by atoms with Crippen LogP contribution in [0.15, 0.2) is 48.5 Å². The van der Waals surface area contributed by atoms with E-state index in [9.17, 15) is 9.18 Å². The van der Waals surface area contributed by atoms with Crippen LogP contribution in [-0.4, -0.2) is 36.1 Å². The van der Waals surface area contributed by atoms with Gasteiger partial charge in [-0.3, -0.25) is 4.90 Å². The number of carbonyl (C=O) groups excluding carboxylic acids is 1. The average molecular weight is 351 g/mol. The van der Waals surface area contributed by atoms with Crippen molar-refractivity contribution >= 4 is 34.4 Å². The zero-order valence-electron chi connectivity index (χ0n) is 14.3. The van der Waals surface area contributed by atoms with Crippen molar-refractivity contribution in [3.05, 3.63) is 54.3 Å². The summed E-state index contributed by atoms with van der Waals surface area (Å²) in [4.78, 5) is 25.8. The van der Waals surface area contributed by atoms with Gasteiger partial charge in [0.2, 0.25) is 0 Å². The molecule has 2 heterocycles. The summed E-state index contributed by atoms with van der Waals surface area (Å²) in [6, 6.07) is 13.0. The number of urea groups is 1. The fourth-order valence-corrected chi connectivity index (χ4v) is 3.02. The molecule has 0 atom stereocenters. The molecule has 0 saturated heterocycles. The maximum absolute atomic E-state index is 13.1. The van der Waals surface area contributed by atoms with Crippen LogP contribution < -0.4 is 15.1 Å². The summed E-state index contributed by atoms with van der Waals surface area (Å²) >= 11 is 0. The van der Waals surface area contributed by atoms with Gasteiger partial charge in [0.05, 0.1) is 11.0 Å². The Bertz CT molecular complexity index is 960. The number of carbonyl (C=O) groups is 1. The number of rotatable bonds is 1. The van der Waals surface area contributed by atoms with Gasteiger partial charge in [-0.25, -0.2) is 19.2 Å². The lowest BCUT2D eigenvalue weighted by atomic mass is 10.3. The van der Waals surface area contributed by atoms with Gasteiger partial charge in [0.1, 0.15) is 5.82 Å². The Morgan fingerprint density at radius 1 is 1.00 bits per heavy atom. The summed E-state index contributed by atoms with van der Waals surface area (Å²) in [6.45, 7) is 1.30. The Labute approximate surface area is 150 Å². The summed E-state index contributed by atoms with van der Waals surface area (Å²) in [5.74, 6) is 0.862. The predicted octanol–water partition coefficient (Wildman–Crippen LogP) is 3.65. The Morgan fingerprint density at radius 3 is 2.35 bits per heavy atom. The normalized spacial score (nSPS) is 14.1. The molecule has 1 aromatic heterocycles. The molecular weight excluding hydrogens is 333 g/mol. The number of para-hydroxylation sites is 2. The van der Waals surface area contributed by atoms with E-state index in [1.54, 1.807) is 4.90 Å². The molecular formula is C19H18FN5O. The molecule has 1 aliphatic heterocycles.